The lowest BCUT2D eigenvalue weighted by Gasteiger charge is -2.17. The van der Waals surface area contributed by atoms with Crippen LogP contribution >= 0.6 is 11.8 Å². The topological polar surface area (TPSA) is 105 Å². The summed E-state index contributed by atoms with van der Waals surface area (Å²) in [5, 5.41) is 0. The van der Waals surface area contributed by atoms with Gasteiger partial charge in [0, 0.05) is 21.8 Å². The molecule has 0 saturated heterocycles. The van der Waals surface area contributed by atoms with Gasteiger partial charge in [-0.2, -0.15) is 0 Å². The summed E-state index contributed by atoms with van der Waals surface area (Å²) in [6, 6.07) is 14.3. The number of rotatable bonds is 5. The summed E-state index contributed by atoms with van der Waals surface area (Å²) in [4.78, 5) is 6.90. The molecule has 0 spiro atoms. The molecule has 8 heteroatoms. The molecule has 0 radical (unpaired) electrons. The smallest absolute Gasteiger partial charge is 0.223 e. The van der Waals surface area contributed by atoms with Crippen LogP contribution in [0.5, 0.6) is 0 Å². The number of hydrogen-bond donors (Lipinski definition) is 0. The lowest BCUT2D eigenvalue weighted by molar-refractivity contribution is -2.00. The summed E-state index contributed by atoms with van der Waals surface area (Å²) >= 11 is 1.83. The van der Waals surface area contributed by atoms with Crippen molar-refractivity contribution in [3.63, 3.8) is 0 Å². The number of aromatic nitrogens is 1. The Morgan fingerprint density at radius 3 is 2.05 bits per heavy atom. The minimum absolute atomic E-state index is 0.589. The van der Waals surface area contributed by atoms with Gasteiger partial charge in [-0.15, -0.1) is 22.0 Å². The van der Waals surface area contributed by atoms with Gasteiger partial charge in [0.05, 0.1) is 0 Å². The molecule has 0 aliphatic carbocycles. The molecule has 2 rings (SSSR count). The molecule has 1 heterocycles. The Kier molecular flexibility index (Phi) is 8.18. The van der Waals surface area contributed by atoms with E-state index in [9.17, 15) is 0 Å². The second kappa shape index (κ2) is 9.62. The van der Waals surface area contributed by atoms with Gasteiger partial charge < -0.3 is 0 Å². The fourth-order valence-corrected chi connectivity index (χ4v) is 2.12. The second-order valence-electron chi connectivity index (χ2n) is 3.96. The van der Waals surface area contributed by atoms with Crippen LogP contribution in [0.15, 0.2) is 59.8 Å². The predicted molar refractivity (Wildman–Crippen MR) is 69.8 cm³/mol. The van der Waals surface area contributed by atoms with Crippen molar-refractivity contribution in [2.75, 3.05) is 5.75 Å². The Bertz CT molecular complexity index is 527. The van der Waals surface area contributed by atoms with E-state index in [4.69, 9.17) is 23.5 Å². The van der Waals surface area contributed by atoms with Crippen molar-refractivity contribution < 1.29 is 38.4 Å². The van der Waals surface area contributed by atoms with Gasteiger partial charge >= 0.3 is 0 Å². The highest BCUT2D eigenvalue weighted by Crippen LogP contribution is 2.14. The van der Waals surface area contributed by atoms with Crippen LogP contribution in [-0.2, 0) is 6.61 Å². The fourth-order valence-electron chi connectivity index (χ4n) is 1.47. The van der Waals surface area contributed by atoms with E-state index in [2.05, 4.69) is 31.2 Å². The molecular formula is C14H16ClNO5S. The number of pyridine rings is 1. The summed E-state index contributed by atoms with van der Waals surface area (Å²) in [7, 11) is -4.94. The molecule has 0 aliphatic rings. The molecule has 1 aromatic heterocycles. The van der Waals surface area contributed by atoms with E-state index < -0.39 is 10.2 Å². The quantitative estimate of drug-likeness (QED) is 0.456. The van der Waals surface area contributed by atoms with Crippen LogP contribution in [0, 0.1) is 10.2 Å². The summed E-state index contributed by atoms with van der Waals surface area (Å²) < 4.78 is 35.7. The normalized spacial score (nSPS) is 10.6. The third kappa shape index (κ3) is 9.56. The minimum atomic E-state index is -4.94. The second-order valence-corrected chi connectivity index (χ2v) is 6.06. The molecule has 0 saturated carbocycles. The zero-order valence-electron chi connectivity index (χ0n) is 11.9. The molecule has 120 valence electrons. The van der Waals surface area contributed by atoms with Gasteiger partial charge in [-0.3, -0.25) is 4.84 Å². The summed E-state index contributed by atoms with van der Waals surface area (Å²) in [5.74, 6) is 1.09. The van der Waals surface area contributed by atoms with E-state index in [0.717, 1.165) is 5.75 Å². The predicted octanol–water partition coefficient (Wildman–Crippen LogP) is -2.04. The van der Waals surface area contributed by atoms with Crippen LogP contribution in [-0.4, -0.2) is 5.75 Å². The van der Waals surface area contributed by atoms with Crippen molar-refractivity contribution in [3.8, 4) is 0 Å². The van der Waals surface area contributed by atoms with Gasteiger partial charge in [-0.05, 0) is 11.3 Å². The van der Waals surface area contributed by atoms with E-state index in [-0.39, 0.29) is 0 Å². The monoisotopic (exact) mass is 345 g/mol. The molecule has 1 aromatic carbocycles. The van der Waals surface area contributed by atoms with E-state index in [1.165, 1.54) is 10.5 Å². The van der Waals surface area contributed by atoms with Crippen LogP contribution in [0.25, 0.3) is 0 Å². The molecule has 0 fully saturated rings. The molecule has 0 aliphatic heterocycles. The highest BCUT2D eigenvalue weighted by Gasteiger charge is 2.02. The molecule has 2 aromatic rings. The van der Waals surface area contributed by atoms with E-state index in [1.807, 2.05) is 42.4 Å². The van der Waals surface area contributed by atoms with Crippen LogP contribution in [0.3, 0.4) is 0 Å². The van der Waals surface area contributed by atoms with E-state index in [1.54, 1.807) is 4.73 Å². The first kappa shape index (κ1) is 18.7. The maximum Gasteiger partial charge on any atom is 0.223 e. The van der Waals surface area contributed by atoms with Gasteiger partial charge in [0.1, 0.15) is 0 Å². The molecule has 0 unspecified atom stereocenters. The molecule has 22 heavy (non-hydrogen) atoms. The summed E-state index contributed by atoms with van der Waals surface area (Å²) in [6.45, 7) is 2.74. The Balaban J connectivity index is 0.000000422. The van der Waals surface area contributed by atoms with Crippen molar-refractivity contribution >= 4 is 11.8 Å². The van der Waals surface area contributed by atoms with E-state index in [0.29, 0.717) is 6.61 Å². The Hall–Kier alpha value is -1.35. The maximum absolute atomic E-state index is 8.49. The molecule has 0 atom stereocenters. The van der Waals surface area contributed by atoms with Gasteiger partial charge in [-0.25, -0.2) is 18.6 Å². The summed E-state index contributed by atoms with van der Waals surface area (Å²) in [6.07, 6.45) is 3.89. The zero-order valence-corrected chi connectivity index (χ0v) is 13.5. The third-order valence-electron chi connectivity index (χ3n) is 2.31. The first-order valence-electron chi connectivity index (χ1n) is 6.31. The Morgan fingerprint density at radius 2 is 1.55 bits per heavy atom. The SMILES string of the molecule is CCSc1cc[n+](OCc2ccccc2)cc1.[O-][Cl+3]([O-])([O-])[O-]. The summed E-state index contributed by atoms with van der Waals surface area (Å²) in [5.41, 5.74) is 1.17. The number of halogens is 1. The van der Waals surface area contributed by atoms with Crippen LogP contribution in [0.2, 0.25) is 0 Å². The lowest BCUT2D eigenvalue weighted by atomic mass is 10.2. The first-order chi connectivity index (χ1) is 10.4. The maximum atomic E-state index is 8.49. The highest BCUT2D eigenvalue weighted by molar-refractivity contribution is 7.99. The average molecular weight is 346 g/mol. The molecule has 0 bridgehead atoms. The van der Waals surface area contributed by atoms with Crippen molar-refractivity contribution in [2.24, 2.45) is 0 Å². The van der Waals surface area contributed by atoms with E-state index >= 15 is 0 Å². The molecule has 0 N–H and O–H groups in total. The minimum Gasteiger partial charge on any atom is -0.267 e. The third-order valence-corrected chi connectivity index (χ3v) is 3.20. The molecule has 0 amide bonds. The number of thioether (sulfide) groups is 1. The number of nitrogens with zero attached hydrogens (tertiary/aromatic N) is 1. The molecular weight excluding hydrogens is 330 g/mol. The van der Waals surface area contributed by atoms with Crippen molar-refractivity contribution in [1.82, 2.24) is 0 Å². The van der Waals surface area contributed by atoms with Crippen molar-refractivity contribution in [3.05, 3.63) is 60.4 Å². The van der Waals surface area contributed by atoms with Crippen molar-refractivity contribution in [2.45, 2.75) is 18.4 Å². The zero-order chi connectivity index (χ0) is 16.4. The Morgan fingerprint density at radius 1 is 1.00 bits per heavy atom. The van der Waals surface area contributed by atoms with Gasteiger partial charge in [0.25, 0.3) is 0 Å². The molecule has 6 nitrogen and oxygen atoms in total. The lowest BCUT2D eigenvalue weighted by Crippen LogP contribution is -2.68. The largest absolute Gasteiger partial charge is 0.267 e. The first-order valence-corrected chi connectivity index (χ1v) is 8.53. The highest BCUT2D eigenvalue weighted by atomic mass is 35.7. The standard InChI is InChI=1S/C14H16NOS.ClHO4/c1-2-17-14-8-10-15(11-9-14)16-12-13-6-4-3-5-7-13;2-1(3,4)5/h3-11H,2,12H2,1H3;(H,2,3,4,5)/q+1;/p-1. The number of benzene rings is 1. The average Bonchev–Trinajstić information content (AvgIpc) is 2.46. The fraction of sp³-hybridized carbons (Fsp3) is 0.214. The Labute approximate surface area is 135 Å². The van der Waals surface area contributed by atoms with Crippen LogP contribution in [0.1, 0.15) is 12.5 Å². The van der Waals surface area contributed by atoms with Crippen LogP contribution < -0.4 is 28.2 Å². The van der Waals surface area contributed by atoms with Gasteiger partial charge in [-0.1, -0.05) is 37.3 Å². The van der Waals surface area contributed by atoms with Crippen molar-refractivity contribution in [1.29, 1.82) is 0 Å². The number of hydrogen-bond acceptors (Lipinski definition) is 6. The van der Waals surface area contributed by atoms with Gasteiger partial charge in [0.2, 0.25) is 12.4 Å². The van der Waals surface area contributed by atoms with Crippen LogP contribution in [0.4, 0.5) is 0 Å². The van der Waals surface area contributed by atoms with Gasteiger partial charge in [0.15, 0.2) is 6.61 Å².